The highest BCUT2D eigenvalue weighted by Gasteiger charge is 2.20. The highest BCUT2D eigenvalue weighted by molar-refractivity contribution is 7.51. The highest BCUT2D eigenvalue weighted by Crippen LogP contribution is 2.43. The summed E-state index contributed by atoms with van der Waals surface area (Å²) in [5.74, 6) is 0.164. The van der Waals surface area contributed by atoms with Gasteiger partial charge >= 0.3 is 7.75 Å². The summed E-state index contributed by atoms with van der Waals surface area (Å²) < 4.78 is 14.8. The van der Waals surface area contributed by atoms with Crippen LogP contribution in [-0.4, -0.2) is 11.5 Å². The molecule has 0 amide bonds. The molecule has 66 valence electrons. The summed E-state index contributed by atoms with van der Waals surface area (Å²) in [6.45, 7) is 3.87. The molecule has 0 rings (SSSR count). The van der Waals surface area contributed by atoms with Gasteiger partial charge in [0.25, 0.3) is 0 Å². The number of nitrogens with zero attached hydrogens (tertiary/aromatic N) is 1. The van der Waals surface area contributed by atoms with E-state index in [0.29, 0.717) is 0 Å². The summed E-state index contributed by atoms with van der Waals surface area (Å²) in [5.41, 5.74) is 0. The molecule has 0 bridgehead atoms. The lowest BCUT2D eigenvalue weighted by Gasteiger charge is -2.08. The van der Waals surface area contributed by atoms with E-state index in [1.807, 2.05) is 18.8 Å². The summed E-state index contributed by atoms with van der Waals surface area (Å²) in [5, 5.41) is 0. The van der Waals surface area contributed by atoms with Gasteiger partial charge in [0.1, 0.15) is 0 Å². The van der Waals surface area contributed by atoms with Gasteiger partial charge < -0.3 is 4.89 Å². The van der Waals surface area contributed by atoms with Gasteiger partial charge in [0, 0.05) is 4.95 Å². The van der Waals surface area contributed by atoms with Gasteiger partial charge in [-0.05, 0) is 5.92 Å². The Balaban J connectivity index is 3.70. The Morgan fingerprint density at radius 1 is 1.73 bits per heavy atom. The van der Waals surface area contributed by atoms with E-state index in [1.54, 1.807) is 0 Å². The van der Waals surface area contributed by atoms with Gasteiger partial charge in [-0.2, -0.15) is 0 Å². The van der Waals surface area contributed by atoms with Gasteiger partial charge in [0.15, 0.2) is 0 Å². The van der Waals surface area contributed by atoms with Crippen LogP contribution in [0.5, 0.6) is 0 Å². The van der Waals surface area contributed by atoms with E-state index in [9.17, 15) is 9.47 Å². The van der Waals surface area contributed by atoms with Crippen LogP contribution in [0.15, 0.2) is 4.95 Å². The van der Waals surface area contributed by atoms with E-state index in [1.165, 1.54) is 0 Å². The summed E-state index contributed by atoms with van der Waals surface area (Å²) in [7, 11) is -4.17. The fourth-order valence-electron chi connectivity index (χ4n) is 0.366. The maximum Gasteiger partial charge on any atom is 0.487 e. The largest absolute Gasteiger partial charge is 0.487 e. The van der Waals surface area contributed by atoms with Crippen molar-refractivity contribution in [1.82, 2.24) is 0 Å². The zero-order chi connectivity index (χ0) is 8.91. The molecule has 0 saturated heterocycles. The lowest BCUT2D eigenvalue weighted by atomic mass is 10.1. The van der Waals surface area contributed by atoms with E-state index >= 15 is 0 Å². The third kappa shape index (κ3) is 5.07. The van der Waals surface area contributed by atoms with E-state index in [2.05, 4.69) is 4.52 Å². The summed E-state index contributed by atoms with van der Waals surface area (Å²) in [6.07, 6.45) is 0.832. The zero-order valence-corrected chi connectivity index (χ0v) is 7.45. The van der Waals surface area contributed by atoms with Crippen molar-refractivity contribution in [1.29, 1.82) is 0 Å². The van der Waals surface area contributed by atoms with Crippen molar-refractivity contribution in [2.75, 3.05) is 6.61 Å². The molecule has 0 aliphatic rings. The van der Waals surface area contributed by atoms with Crippen LogP contribution in [-0.2, 0) is 9.09 Å². The first-order valence-electron chi connectivity index (χ1n) is 3.34. The van der Waals surface area contributed by atoms with E-state index in [-0.39, 0.29) is 12.5 Å². The molecule has 6 heteroatoms. The molecular formula is C5H12NO4P. The Morgan fingerprint density at radius 3 is 2.64 bits per heavy atom. The predicted molar refractivity (Wildman–Crippen MR) is 41.0 cm³/mol. The number of hydrogen-bond acceptors (Lipinski definition) is 3. The molecule has 0 aliphatic carbocycles. The molecule has 0 aromatic heterocycles. The number of hydrogen-bond donors (Lipinski definition) is 1. The molecular weight excluding hydrogens is 169 g/mol. The first-order valence-corrected chi connectivity index (χ1v) is 4.87. The average molecular weight is 181 g/mol. The number of nitroso groups, excluding NO2 is 1. The minimum atomic E-state index is -4.17. The van der Waals surface area contributed by atoms with Crippen LogP contribution in [0.25, 0.3) is 0 Å². The SMILES string of the molecule is CCC(C)COP(=O)(O)N=O. The first kappa shape index (κ1) is 10.8. The Hall–Kier alpha value is -0.250. The van der Waals surface area contributed by atoms with E-state index < -0.39 is 7.75 Å². The molecule has 1 N–H and O–H groups in total. The third-order valence-corrected chi connectivity index (χ3v) is 2.02. The Morgan fingerprint density at radius 2 is 2.27 bits per heavy atom. The smallest absolute Gasteiger partial charge is 0.305 e. The number of rotatable bonds is 5. The van der Waals surface area contributed by atoms with Crippen molar-refractivity contribution >= 4 is 7.75 Å². The second-order valence-electron chi connectivity index (χ2n) is 2.38. The maximum absolute atomic E-state index is 10.5. The lowest BCUT2D eigenvalue weighted by molar-refractivity contribution is 0.220. The molecule has 5 nitrogen and oxygen atoms in total. The van der Waals surface area contributed by atoms with Gasteiger partial charge in [-0.1, -0.05) is 20.3 Å². The van der Waals surface area contributed by atoms with Crippen LogP contribution in [0.1, 0.15) is 20.3 Å². The summed E-state index contributed by atoms with van der Waals surface area (Å²) in [4.78, 5) is 20.1. The second kappa shape index (κ2) is 4.59. The normalized spacial score (nSPS) is 18.8. The van der Waals surface area contributed by atoms with Crippen molar-refractivity contribution in [3.63, 3.8) is 0 Å². The van der Waals surface area contributed by atoms with Crippen LogP contribution >= 0.6 is 7.75 Å². The standard InChI is InChI=1S/C5H12NO4P/c1-3-5(2)4-10-11(8,9)6-7/h5H,3-4H2,1-2H3,(H,8,9). The molecule has 11 heavy (non-hydrogen) atoms. The fourth-order valence-corrected chi connectivity index (χ4v) is 0.862. The summed E-state index contributed by atoms with van der Waals surface area (Å²) >= 11 is 0. The van der Waals surface area contributed by atoms with Crippen LogP contribution < -0.4 is 0 Å². The minimum absolute atomic E-state index is 0.0933. The monoisotopic (exact) mass is 181 g/mol. The minimum Gasteiger partial charge on any atom is -0.305 e. The van der Waals surface area contributed by atoms with Crippen molar-refractivity contribution < 1.29 is 14.0 Å². The average Bonchev–Trinajstić information content (AvgIpc) is 2.00. The zero-order valence-electron chi connectivity index (χ0n) is 6.56. The van der Waals surface area contributed by atoms with Gasteiger partial charge in [0.2, 0.25) is 0 Å². The second-order valence-corrected chi connectivity index (χ2v) is 3.78. The van der Waals surface area contributed by atoms with Crippen molar-refractivity contribution in [3.8, 4) is 0 Å². The molecule has 0 radical (unpaired) electrons. The fraction of sp³-hybridized carbons (Fsp3) is 1.00. The maximum atomic E-state index is 10.5. The Bertz CT molecular complexity index is 172. The Labute approximate surface area is 65.3 Å². The third-order valence-electron chi connectivity index (χ3n) is 1.33. The van der Waals surface area contributed by atoms with Crippen molar-refractivity contribution in [2.45, 2.75) is 20.3 Å². The Kier molecular flexibility index (Phi) is 4.49. The van der Waals surface area contributed by atoms with Crippen LogP contribution in [0.2, 0.25) is 0 Å². The molecule has 0 aromatic rings. The van der Waals surface area contributed by atoms with Gasteiger partial charge in [-0.25, -0.2) is 4.57 Å². The van der Waals surface area contributed by atoms with Crippen LogP contribution in [0.4, 0.5) is 0 Å². The van der Waals surface area contributed by atoms with E-state index in [4.69, 9.17) is 4.89 Å². The van der Waals surface area contributed by atoms with E-state index in [0.717, 1.165) is 6.42 Å². The highest BCUT2D eigenvalue weighted by atomic mass is 31.2. The predicted octanol–water partition coefficient (Wildman–Crippen LogP) is 1.92. The molecule has 0 spiro atoms. The molecule has 0 aromatic carbocycles. The molecule has 0 saturated carbocycles. The lowest BCUT2D eigenvalue weighted by Crippen LogP contribution is -2.01. The quantitative estimate of drug-likeness (QED) is 0.519. The van der Waals surface area contributed by atoms with Gasteiger partial charge in [-0.3, -0.25) is 4.52 Å². The van der Waals surface area contributed by atoms with Gasteiger partial charge in [-0.15, -0.1) is 4.91 Å². The first-order chi connectivity index (χ1) is 5.02. The van der Waals surface area contributed by atoms with Gasteiger partial charge in [0.05, 0.1) is 6.61 Å². The molecule has 0 aliphatic heterocycles. The van der Waals surface area contributed by atoms with Crippen molar-refractivity contribution in [2.24, 2.45) is 10.9 Å². The summed E-state index contributed by atoms with van der Waals surface area (Å²) in [6, 6.07) is 0. The van der Waals surface area contributed by atoms with Crippen LogP contribution in [0.3, 0.4) is 0 Å². The van der Waals surface area contributed by atoms with Crippen molar-refractivity contribution in [3.05, 3.63) is 4.91 Å². The molecule has 2 atom stereocenters. The topological polar surface area (TPSA) is 76.0 Å². The van der Waals surface area contributed by atoms with Crippen LogP contribution in [0, 0.1) is 10.8 Å². The molecule has 0 fully saturated rings. The molecule has 0 heterocycles. The molecule has 2 unspecified atom stereocenters.